The summed E-state index contributed by atoms with van der Waals surface area (Å²) >= 11 is 0. The molecule has 2 aromatic carbocycles. The van der Waals surface area contributed by atoms with E-state index in [1.165, 1.54) is 33.5 Å². The van der Waals surface area contributed by atoms with Crippen molar-refractivity contribution in [3.05, 3.63) is 29.8 Å². The second-order valence-corrected chi connectivity index (χ2v) is 9.04. The Bertz CT molecular complexity index is 1250. The Labute approximate surface area is 221 Å². The van der Waals surface area contributed by atoms with Gasteiger partial charge in [-0.25, -0.2) is 8.98 Å². The first-order chi connectivity index (χ1) is 18.3. The summed E-state index contributed by atoms with van der Waals surface area (Å²) in [5, 5.41) is 50.4. The molecule has 0 bridgehead atoms. The van der Waals surface area contributed by atoms with Crippen LogP contribution in [0, 0.1) is 0 Å². The molecule has 0 saturated carbocycles. The Morgan fingerprint density at radius 2 is 1.49 bits per heavy atom. The lowest BCUT2D eigenvalue weighted by molar-refractivity contribution is -0.275. The summed E-state index contributed by atoms with van der Waals surface area (Å²) in [6.45, 7) is -0.989. The Morgan fingerprint density at radius 3 is 1.97 bits per heavy atom. The topological polar surface area (TPSA) is 237 Å². The Hall–Kier alpha value is -3.74. The highest BCUT2D eigenvalue weighted by atomic mass is 32.3. The van der Waals surface area contributed by atoms with Crippen LogP contribution in [0.5, 0.6) is 40.2 Å². The first-order valence-electron chi connectivity index (χ1n) is 10.9. The van der Waals surface area contributed by atoms with Gasteiger partial charge < -0.3 is 54.0 Å². The van der Waals surface area contributed by atoms with Gasteiger partial charge in [0.2, 0.25) is 12.0 Å². The second kappa shape index (κ2) is 12.0. The SMILES string of the molecule is COc1cc(O[C@@H]2O[C@H](COS(=O)(=O)O)[C@@H](O)[C@H](OC(=O)c3cc(O)c(O)c(O)c3)[C@H]2O)cc(OC)c1OC. The Balaban J connectivity index is 1.93. The number of ether oxygens (including phenoxy) is 6. The zero-order valence-corrected chi connectivity index (χ0v) is 21.4. The molecule has 0 amide bonds. The molecule has 17 heteroatoms. The third-order valence-electron chi connectivity index (χ3n) is 5.46. The summed E-state index contributed by atoms with van der Waals surface area (Å²) < 4.78 is 67.3. The summed E-state index contributed by atoms with van der Waals surface area (Å²) in [5.41, 5.74) is -0.485. The first-order valence-corrected chi connectivity index (χ1v) is 12.2. The molecule has 1 aliphatic rings. The first kappa shape index (κ1) is 29.8. The number of phenolic OH excluding ortho intramolecular Hbond substituents is 3. The van der Waals surface area contributed by atoms with Crippen LogP contribution >= 0.6 is 0 Å². The lowest BCUT2D eigenvalue weighted by Crippen LogP contribution is -2.61. The van der Waals surface area contributed by atoms with Gasteiger partial charge in [-0.15, -0.1) is 0 Å². The average Bonchev–Trinajstić information content (AvgIpc) is 2.88. The second-order valence-electron chi connectivity index (χ2n) is 7.95. The molecule has 0 spiro atoms. The van der Waals surface area contributed by atoms with Gasteiger partial charge in [-0.2, -0.15) is 8.42 Å². The predicted octanol–water partition coefficient (Wildman–Crippen LogP) is -0.300. The van der Waals surface area contributed by atoms with Gasteiger partial charge in [0.1, 0.15) is 18.0 Å². The van der Waals surface area contributed by atoms with Crippen molar-refractivity contribution in [3.8, 4) is 40.2 Å². The Morgan fingerprint density at radius 1 is 0.923 bits per heavy atom. The lowest BCUT2D eigenvalue weighted by atomic mass is 9.98. The van der Waals surface area contributed by atoms with Crippen molar-refractivity contribution in [2.75, 3.05) is 27.9 Å². The van der Waals surface area contributed by atoms with Crippen molar-refractivity contribution in [2.24, 2.45) is 0 Å². The minimum atomic E-state index is -4.99. The zero-order chi connectivity index (χ0) is 29.1. The van der Waals surface area contributed by atoms with Crippen LogP contribution in [0.25, 0.3) is 0 Å². The number of rotatable bonds is 10. The van der Waals surface area contributed by atoms with E-state index >= 15 is 0 Å². The molecular weight excluding hydrogens is 552 g/mol. The van der Waals surface area contributed by atoms with Gasteiger partial charge in [-0.05, 0) is 12.1 Å². The average molecular weight is 579 g/mol. The van der Waals surface area contributed by atoms with Crippen LogP contribution in [0.4, 0.5) is 0 Å². The lowest BCUT2D eigenvalue weighted by Gasteiger charge is -2.41. The van der Waals surface area contributed by atoms with Crippen LogP contribution < -0.4 is 18.9 Å². The van der Waals surface area contributed by atoms with Crippen molar-refractivity contribution in [1.82, 2.24) is 0 Å². The molecule has 5 atom stereocenters. The van der Waals surface area contributed by atoms with E-state index in [0.717, 1.165) is 12.1 Å². The van der Waals surface area contributed by atoms with Gasteiger partial charge in [-0.3, -0.25) is 4.55 Å². The molecule has 0 unspecified atom stereocenters. The highest BCUT2D eigenvalue weighted by Crippen LogP contribution is 2.42. The fraction of sp³-hybridized carbons (Fsp3) is 0.409. The largest absolute Gasteiger partial charge is 0.504 e. The van der Waals surface area contributed by atoms with Gasteiger partial charge in [0.25, 0.3) is 0 Å². The van der Waals surface area contributed by atoms with Gasteiger partial charge in [0, 0.05) is 12.1 Å². The van der Waals surface area contributed by atoms with Gasteiger partial charge >= 0.3 is 16.4 Å². The van der Waals surface area contributed by atoms with E-state index in [0.29, 0.717) is 0 Å². The van der Waals surface area contributed by atoms with E-state index in [4.69, 9.17) is 33.0 Å². The highest BCUT2D eigenvalue weighted by molar-refractivity contribution is 7.80. The molecule has 1 aliphatic heterocycles. The number of carbonyl (C=O) groups is 1. The van der Waals surface area contributed by atoms with E-state index in [2.05, 4.69) is 4.18 Å². The van der Waals surface area contributed by atoms with Crippen LogP contribution in [0.1, 0.15) is 10.4 Å². The maximum absolute atomic E-state index is 12.7. The monoisotopic (exact) mass is 578 g/mol. The van der Waals surface area contributed by atoms with E-state index in [1.807, 2.05) is 0 Å². The molecule has 39 heavy (non-hydrogen) atoms. The predicted molar refractivity (Wildman–Crippen MR) is 126 cm³/mol. The van der Waals surface area contributed by atoms with Crippen LogP contribution in [0.3, 0.4) is 0 Å². The van der Waals surface area contributed by atoms with Gasteiger partial charge in [0.05, 0.1) is 33.5 Å². The summed E-state index contributed by atoms with van der Waals surface area (Å²) in [5.74, 6) is -3.43. The molecular formula is C22H26O16S. The molecule has 16 nitrogen and oxygen atoms in total. The fourth-order valence-electron chi connectivity index (χ4n) is 3.60. The number of hydrogen-bond acceptors (Lipinski definition) is 15. The molecule has 1 saturated heterocycles. The number of aliphatic hydroxyl groups is 2. The smallest absolute Gasteiger partial charge is 0.397 e. The summed E-state index contributed by atoms with van der Waals surface area (Å²) in [4.78, 5) is 12.7. The Kier molecular flexibility index (Phi) is 9.15. The van der Waals surface area contributed by atoms with Crippen molar-refractivity contribution >= 4 is 16.4 Å². The third kappa shape index (κ3) is 6.83. The fourth-order valence-corrected chi connectivity index (χ4v) is 3.91. The highest BCUT2D eigenvalue weighted by Gasteiger charge is 2.49. The maximum atomic E-state index is 12.7. The number of esters is 1. The third-order valence-corrected chi connectivity index (χ3v) is 5.90. The summed E-state index contributed by atoms with van der Waals surface area (Å²) in [6.07, 6.45) is -9.13. The molecule has 3 rings (SSSR count). The molecule has 2 aromatic rings. The summed E-state index contributed by atoms with van der Waals surface area (Å²) in [7, 11) is -0.957. The molecule has 6 N–H and O–H groups in total. The van der Waals surface area contributed by atoms with E-state index in [-0.39, 0.29) is 23.0 Å². The van der Waals surface area contributed by atoms with Crippen LogP contribution in [0.2, 0.25) is 0 Å². The van der Waals surface area contributed by atoms with Crippen molar-refractivity contribution < 1.29 is 75.9 Å². The number of phenols is 3. The quantitative estimate of drug-likeness (QED) is 0.120. The normalized spacial score (nSPS) is 23.1. The molecule has 216 valence electrons. The summed E-state index contributed by atoms with van der Waals surface area (Å²) in [6, 6.07) is 4.15. The van der Waals surface area contributed by atoms with Gasteiger partial charge in [0.15, 0.2) is 41.0 Å². The van der Waals surface area contributed by atoms with Crippen molar-refractivity contribution in [2.45, 2.75) is 30.7 Å². The van der Waals surface area contributed by atoms with Crippen molar-refractivity contribution in [3.63, 3.8) is 0 Å². The minimum Gasteiger partial charge on any atom is -0.504 e. The standard InChI is InChI=1S/C22H26O16S/c1-32-13-6-10(7-14(33-2)19(13)34-3)36-22-18(27)20(17(26)15(37-22)8-35-39(29,30)31)38-21(28)9-4-11(23)16(25)12(24)5-9/h4-7,15,17-18,20,22-27H,8H2,1-3H3,(H,29,30,31)/t15-,17-,18-,20+,22-/m1/s1. The molecule has 0 aliphatic carbocycles. The van der Waals surface area contributed by atoms with E-state index in [9.17, 15) is 38.7 Å². The van der Waals surface area contributed by atoms with Crippen molar-refractivity contribution in [1.29, 1.82) is 0 Å². The van der Waals surface area contributed by atoms with E-state index < -0.39 is 76.5 Å². The number of hydrogen-bond donors (Lipinski definition) is 6. The van der Waals surface area contributed by atoms with Crippen LogP contribution in [0.15, 0.2) is 24.3 Å². The maximum Gasteiger partial charge on any atom is 0.397 e. The zero-order valence-electron chi connectivity index (χ0n) is 20.6. The van der Waals surface area contributed by atoms with E-state index in [1.54, 1.807) is 0 Å². The van der Waals surface area contributed by atoms with Gasteiger partial charge in [-0.1, -0.05) is 0 Å². The minimum absolute atomic E-state index is 0.0298. The molecule has 0 radical (unpaired) electrons. The number of methoxy groups -OCH3 is 3. The molecule has 1 fully saturated rings. The molecule has 0 aromatic heterocycles. The number of carbonyl (C=O) groups excluding carboxylic acids is 1. The number of aliphatic hydroxyl groups excluding tert-OH is 2. The number of benzene rings is 2. The molecule has 1 heterocycles. The van der Waals surface area contributed by atoms with Crippen LogP contribution in [-0.2, 0) is 24.1 Å². The van der Waals surface area contributed by atoms with Crippen LogP contribution in [-0.4, -0.2) is 103 Å². The number of aromatic hydroxyl groups is 3.